The number of benzene rings is 2. The number of hydrogen-bond donors (Lipinski definition) is 1. The first-order valence-electron chi connectivity index (χ1n) is 8.13. The zero-order valence-electron chi connectivity index (χ0n) is 14.2. The molecule has 0 spiro atoms. The molecule has 2 aromatic carbocycles. The standard InChI is InChI=1S/C19H21F3N2O/c1-3-24(4-2)13-14-8-10-15(11-9-14)18(25)23-17-7-5-6-16(12-17)19(20,21)22/h5-12H,3-4,13H2,1-2H3,(H,23,25). The molecular formula is C19H21F3N2O. The van der Waals surface area contributed by atoms with Gasteiger partial charge in [-0.05, 0) is 49.0 Å². The molecule has 0 saturated heterocycles. The highest BCUT2D eigenvalue weighted by atomic mass is 19.4. The van der Waals surface area contributed by atoms with E-state index >= 15 is 0 Å². The number of halogens is 3. The maximum Gasteiger partial charge on any atom is 0.416 e. The van der Waals surface area contributed by atoms with Gasteiger partial charge < -0.3 is 5.32 Å². The number of hydrogen-bond acceptors (Lipinski definition) is 2. The fraction of sp³-hybridized carbons (Fsp3) is 0.316. The van der Waals surface area contributed by atoms with Gasteiger partial charge in [-0.1, -0.05) is 32.0 Å². The molecule has 0 aliphatic rings. The predicted molar refractivity (Wildman–Crippen MR) is 92.5 cm³/mol. The molecule has 0 unspecified atom stereocenters. The Morgan fingerprint density at radius 1 is 1.04 bits per heavy atom. The van der Waals surface area contributed by atoms with Crippen molar-refractivity contribution in [2.45, 2.75) is 26.6 Å². The summed E-state index contributed by atoms with van der Waals surface area (Å²) >= 11 is 0. The van der Waals surface area contributed by atoms with Gasteiger partial charge in [-0.15, -0.1) is 0 Å². The second-order valence-corrected chi connectivity index (χ2v) is 5.69. The summed E-state index contributed by atoms with van der Waals surface area (Å²) in [5.41, 5.74) is 0.812. The molecule has 134 valence electrons. The molecule has 0 bridgehead atoms. The molecule has 0 aliphatic carbocycles. The second kappa shape index (κ2) is 8.16. The van der Waals surface area contributed by atoms with Gasteiger partial charge >= 0.3 is 6.18 Å². The van der Waals surface area contributed by atoms with Crippen LogP contribution in [0.15, 0.2) is 48.5 Å². The van der Waals surface area contributed by atoms with Gasteiger partial charge in [-0.25, -0.2) is 0 Å². The first kappa shape index (κ1) is 19.0. The van der Waals surface area contributed by atoms with E-state index in [0.29, 0.717) is 5.56 Å². The molecule has 0 aromatic heterocycles. The number of alkyl halides is 3. The van der Waals surface area contributed by atoms with Crippen LogP contribution in [-0.2, 0) is 12.7 Å². The molecule has 2 rings (SSSR count). The van der Waals surface area contributed by atoms with E-state index in [9.17, 15) is 18.0 Å². The van der Waals surface area contributed by atoms with Crippen LogP contribution in [0, 0.1) is 0 Å². The van der Waals surface area contributed by atoms with Crippen LogP contribution in [0.4, 0.5) is 18.9 Å². The lowest BCUT2D eigenvalue weighted by Crippen LogP contribution is -2.22. The maximum atomic E-state index is 12.7. The van der Waals surface area contributed by atoms with Crippen LogP contribution in [-0.4, -0.2) is 23.9 Å². The number of nitrogens with zero attached hydrogens (tertiary/aromatic N) is 1. The summed E-state index contributed by atoms with van der Waals surface area (Å²) in [5.74, 6) is -0.436. The monoisotopic (exact) mass is 350 g/mol. The molecule has 3 nitrogen and oxygen atoms in total. The van der Waals surface area contributed by atoms with Crippen molar-refractivity contribution in [1.82, 2.24) is 4.90 Å². The van der Waals surface area contributed by atoms with Crippen LogP contribution in [0.25, 0.3) is 0 Å². The number of amides is 1. The maximum absolute atomic E-state index is 12.7. The minimum atomic E-state index is -4.44. The van der Waals surface area contributed by atoms with Crippen molar-refractivity contribution in [2.24, 2.45) is 0 Å². The quantitative estimate of drug-likeness (QED) is 0.812. The summed E-state index contributed by atoms with van der Waals surface area (Å²) in [6.45, 7) is 6.84. The fourth-order valence-electron chi connectivity index (χ4n) is 2.44. The van der Waals surface area contributed by atoms with Crippen molar-refractivity contribution < 1.29 is 18.0 Å². The Labute approximate surface area is 145 Å². The van der Waals surface area contributed by atoms with E-state index in [-0.39, 0.29) is 5.69 Å². The first-order chi connectivity index (χ1) is 11.8. The van der Waals surface area contributed by atoms with Gasteiger partial charge in [0.25, 0.3) is 5.91 Å². The van der Waals surface area contributed by atoms with Crippen molar-refractivity contribution in [3.63, 3.8) is 0 Å². The summed E-state index contributed by atoms with van der Waals surface area (Å²) in [5, 5.41) is 2.50. The van der Waals surface area contributed by atoms with Crippen LogP contribution in [0.5, 0.6) is 0 Å². The van der Waals surface area contributed by atoms with E-state index in [4.69, 9.17) is 0 Å². The molecule has 0 heterocycles. The van der Waals surface area contributed by atoms with Crippen molar-refractivity contribution in [2.75, 3.05) is 18.4 Å². The summed E-state index contributed by atoms with van der Waals surface area (Å²) in [6, 6.07) is 11.7. The Hall–Kier alpha value is -2.34. The SMILES string of the molecule is CCN(CC)Cc1ccc(C(=O)Nc2cccc(C(F)(F)F)c2)cc1. The van der Waals surface area contributed by atoms with Crippen LogP contribution >= 0.6 is 0 Å². The van der Waals surface area contributed by atoms with Gasteiger partial charge in [-0.3, -0.25) is 9.69 Å². The van der Waals surface area contributed by atoms with Crippen molar-refractivity contribution >= 4 is 11.6 Å². The lowest BCUT2D eigenvalue weighted by Gasteiger charge is -2.18. The zero-order valence-corrected chi connectivity index (χ0v) is 14.2. The highest BCUT2D eigenvalue weighted by Crippen LogP contribution is 2.30. The van der Waals surface area contributed by atoms with Crippen molar-refractivity contribution in [3.8, 4) is 0 Å². The van der Waals surface area contributed by atoms with Gasteiger partial charge in [0.15, 0.2) is 0 Å². The zero-order chi connectivity index (χ0) is 18.4. The van der Waals surface area contributed by atoms with Crippen LogP contribution < -0.4 is 5.32 Å². The minimum Gasteiger partial charge on any atom is -0.322 e. The van der Waals surface area contributed by atoms with Crippen molar-refractivity contribution in [1.29, 1.82) is 0 Å². The van der Waals surface area contributed by atoms with E-state index in [1.807, 2.05) is 12.1 Å². The first-order valence-corrected chi connectivity index (χ1v) is 8.13. The molecule has 25 heavy (non-hydrogen) atoms. The number of nitrogens with one attached hydrogen (secondary N) is 1. The third-order valence-corrected chi connectivity index (χ3v) is 3.96. The van der Waals surface area contributed by atoms with Gasteiger partial charge in [-0.2, -0.15) is 13.2 Å². The van der Waals surface area contributed by atoms with Gasteiger partial charge in [0.05, 0.1) is 5.56 Å². The van der Waals surface area contributed by atoms with Crippen molar-refractivity contribution in [3.05, 3.63) is 65.2 Å². The van der Waals surface area contributed by atoms with Gasteiger partial charge in [0.1, 0.15) is 0 Å². The number of rotatable bonds is 6. The summed E-state index contributed by atoms with van der Waals surface area (Å²) in [7, 11) is 0. The molecule has 6 heteroatoms. The van der Waals surface area contributed by atoms with E-state index in [2.05, 4.69) is 24.1 Å². The van der Waals surface area contributed by atoms with Crippen LogP contribution in [0.1, 0.15) is 35.3 Å². The summed E-state index contributed by atoms with van der Waals surface area (Å²) in [6.07, 6.45) is -4.44. The summed E-state index contributed by atoms with van der Waals surface area (Å²) < 4.78 is 38.2. The Kier molecular flexibility index (Phi) is 6.20. The largest absolute Gasteiger partial charge is 0.416 e. The normalized spacial score (nSPS) is 11.6. The molecule has 2 aromatic rings. The highest BCUT2D eigenvalue weighted by Gasteiger charge is 2.30. The number of carbonyl (C=O) groups excluding carboxylic acids is 1. The fourth-order valence-corrected chi connectivity index (χ4v) is 2.44. The van der Waals surface area contributed by atoms with E-state index in [0.717, 1.165) is 37.3 Å². The smallest absolute Gasteiger partial charge is 0.322 e. The van der Waals surface area contributed by atoms with E-state index in [1.54, 1.807) is 12.1 Å². The molecule has 0 fully saturated rings. The van der Waals surface area contributed by atoms with E-state index < -0.39 is 17.6 Å². The minimum absolute atomic E-state index is 0.118. The predicted octanol–water partition coefficient (Wildman–Crippen LogP) is 4.80. The molecule has 0 radical (unpaired) electrons. The molecule has 0 atom stereocenters. The highest BCUT2D eigenvalue weighted by molar-refractivity contribution is 6.04. The Morgan fingerprint density at radius 2 is 1.68 bits per heavy atom. The number of carbonyl (C=O) groups is 1. The molecule has 0 saturated carbocycles. The lowest BCUT2D eigenvalue weighted by molar-refractivity contribution is -0.137. The van der Waals surface area contributed by atoms with Gasteiger partial charge in [0, 0.05) is 17.8 Å². The lowest BCUT2D eigenvalue weighted by atomic mass is 10.1. The van der Waals surface area contributed by atoms with E-state index in [1.165, 1.54) is 12.1 Å². The topological polar surface area (TPSA) is 32.3 Å². The average Bonchev–Trinajstić information content (AvgIpc) is 2.59. The molecule has 1 amide bonds. The Bertz CT molecular complexity index is 707. The number of anilines is 1. The van der Waals surface area contributed by atoms with Crippen LogP contribution in [0.3, 0.4) is 0 Å². The van der Waals surface area contributed by atoms with Gasteiger partial charge in [0.2, 0.25) is 0 Å². The average molecular weight is 350 g/mol. The summed E-state index contributed by atoms with van der Waals surface area (Å²) in [4.78, 5) is 14.5. The molecule has 1 N–H and O–H groups in total. The third kappa shape index (κ3) is 5.32. The Morgan fingerprint density at radius 3 is 2.24 bits per heavy atom. The molecule has 0 aliphatic heterocycles. The Balaban J connectivity index is 2.06. The second-order valence-electron chi connectivity index (χ2n) is 5.69. The van der Waals surface area contributed by atoms with Crippen LogP contribution in [0.2, 0.25) is 0 Å². The third-order valence-electron chi connectivity index (χ3n) is 3.96. The molecular weight excluding hydrogens is 329 g/mol.